The van der Waals surface area contributed by atoms with Crippen molar-refractivity contribution in [1.29, 1.82) is 0 Å². The van der Waals surface area contributed by atoms with Crippen LogP contribution in [-0.2, 0) is 24.3 Å². The molecule has 1 heterocycles. The van der Waals surface area contributed by atoms with Crippen LogP contribution in [-0.4, -0.2) is 32.9 Å². The van der Waals surface area contributed by atoms with E-state index in [1.807, 2.05) is 52.9 Å². The summed E-state index contributed by atoms with van der Waals surface area (Å²) in [5, 5.41) is 0. The quantitative estimate of drug-likeness (QED) is 0.566. The van der Waals surface area contributed by atoms with E-state index < -0.39 is 6.04 Å². The van der Waals surface area contributed by atoms with E-state index in [9.17, 15) is 4.79 Å². The third kappa shape index (κ3) is 6.87. The number of carbonyl (C=O) groups excluding carboxylic acids is 1. The minimum Gasteiger partial charge on any atom is -0.337 e. The first-order chi connectivity index (χ1) is 13.6. The smallest absolute Gasteiger partial charge is 0.240 e. The van der Waals surface area contributed by atoms with Crippen molar-refractivity contribution in [3.05, 3.63) is 89.5 Å². The average Bonchev–Trinajstić information content (AvgIpc) is 3.14. The monoisotopic (exact) mass is 448 g/mol. The first kappa shape index (κ1) is 25.7. The van der Waals surface area contributed by atoms with Crippen LogP contribution in [0, 0.1) is 6.92 Å². The van der Waals surface area contributed by atoms with E-state index >= 15 is 0 Å². The number of carbonyl (C=O) groups is 1. The Morgan fingerprint density at radius 2 is 1.77 bits per heavy atom. The molecule has 30 heavy (non-hydrogen) atoms. The summed E-state index contributed by atoms with van der Waals surface area (Å²) >= 11 is 0. The number of aryl methyl sites for hydroxylation is 1. The second kappa shape index (κ2) is 12.4. The molecule has 0 saturated carbocycles. The number of hydrogen-bond donors (Lipinski definition) is 1. The van der Waals surface area contributed by atoms with Crippen molar-refractivity contribution < 1.29 is 4.79 Å². The Morgan fingerprint density at radius 1 is 1.10 bits per heavy atom. The molecular formula is C23H30Cl2N4O. The largest absolute Gasteiger partial charge is 0.337 e. The third-order valence-electron chi connectivity index (χ3n) is 4.96. The first-order valence-corrected chi connectivity index (χ1v) is 9.70. The van der Waals surface area contributed by atoms with Crippen molar-refractivity contribution in [3.8, 4) is 0 Å². The van der Waals surface area contributed by atoms with Crippen molar-refractivity contribution in [2.45, 2.75) is 39.4 Å². The van der Waals surface area contributed by atoms with Gasteiger partial charge in [-0.1, -0.05) is 54.6 Å². The van der Waals surface area contributed by atoms with E-state index in [2.05, 4.69) is 36.2 Å². The predicted molar refractivity (Wildman–Crippen MR) is 126 cm³/mol. The van der Waals surface area contributed by atoms with Gasteiger partial charge in [0.15, 0.2) is 0 Å². The topological polar surface area (TPSA) is 64.2 Å². The number of nitrogens with two attached hydrogens (primary N) is 1. The molecule has 0 unspecified atom stereocenters. The minimum absolute atomic E-state index is 0. The average molecular weight is 449 g/mol. The van der Waals surface area contributed by atoms with Crippen molar-refractivity contribution >= 4 is 30.7 Å². The van der Waals surface area contributed by atoms with Crippen LogP contribution in [0.3, 0.4) is 0 Å². The van der Waals surface area contributed by atoms with Gasteiger partial charge in [0.25, 0.3) is 0 Å². The number of halogens is 2. The highest BCUT2D eigenvalue weighted by atomic mass is 35.5. The third-order valence-corrected chi connectivity index (χ3v) is 4.96. The molecule has 1 atom stereocenters. The molecule has 3 rings (SSSR count). The molecule has 0 radical (unpaired) electrons. The lowest BCUT2D eigenvalue weighted by molar-refractivity contribution is -0.133. The summed E-state index contributed by atoms with van der Waals surface area (Å²) in [4.78, 5) is 19.1. The molecule has 0 aliphatic carbocycles. The molecule has 2 aromatic carbocycles. The molecule has 0 spiro atoms. The van der Waals surface area contributed by atoms with Crippen LogP contribution in [0.25, 0.3) is 0 Å². The van der Waals surface area contributed by atoms with Crippen LogP contribution >= 0.6 is 24.8 Å². The van der Waals surface area contributed by atoms with Gasteiger partial charge in [-0.3, -0.25) is 4.79 Å². The zero-order valence-corrected chi connectivity index (χ0v) is 19.0. The SMILES string of the molecule is CCN(Cc1ccccc1C)C(=O)[C@@H](N)Cc1cn(Cc2ccccc2)cn1.Cl.Cl. The van der Waals surface area contributed by atoms with Crippen LogP contribution in [0.1, 0.15) is 29.3 Å². The van der Waals surface area contributed by atoms with Gasteiger partial charge in [0.2, 0.25) is 5.91 Å². The molecular weight excluding hydrogens is 419 g/mol. The van der Waals surface area contributed by atoms with E-state index in [1.54, 1.807) is 6.33 Å². The molecule has 0 bridgehead atoms. The van der Waals surface area contributed by atoms with Gasteiger partial charge in [-0.25, -0.2) is 4.98 Å². The van der Waals surface area contributed by atoms with Gasteiger partial charge in [-0.15, -0.1) is 24.8 Å². The number of rotatable bonds is 8. The highest BCUT2D eigenvalue weighted by Crippen LogP contribution is 2.12. The zero-order chi connectivity index (χ0) is 19.9. The molecule has 3 aromatic rings. The maximum absolute atomic E-state index is 12.9. The molecule has 2 N–H and O–H groups in total. The van der Waals surface area contributed by atoms with E-state index in [-0.39, 0.29) is 30.7 Å². The Labute approximate surface area is 191 Å². The standard InChI is InChI=1S/C23H28N4O.2ClH/c1-3-27(15-20-12-8-7-9-18(20)2)23(28)22(24)13-21-16-26(17-25-21)14-19-10-5-4-6-11-19;;/h4-12,16-17,22H,3,13-15,24H2,1-2H3;2*1H/t22-;;/m0../s1. The summed E-state index contributed by atoms with van der Waals surface area (Å²) < 4.78 is 2.02. The van der Waals surface area contributed by atoms with Crippen molar-refractivity contribution in [2.75, 3.05) is 6.54 Å². The second-order valence-electron chi connectivity index (χ2n) is 7.11. The fraction of sp³-hybridized carbons (Fsp3) is 0.304. The number of benzene rings is 2. The van der Waals surface area contributed by atoms with E-state index in [0.717, 1.165) is 17.8 Å². The fourth-order valence-electron chi connectivity index (χ4n) is 3.28. The Kier molecular flexibility index (Phi) is 10.6. The van der Waals surface area contributed by atoms with Gasteiger partial charge < -0.3 is 15.2 Å². The molecule has 1 aromatic heterocycles. The molecule has 0 aliphatic heterocycles. The summed E-state index contributed by atoms with van der Waals surface area (Å²) in [6.07, 6.45) is 4.20. The molecule has 1 amide bonds. The van der Waals surface area contributed by atoms with E-state index in [0.29, 0.717) is 19.5 Å². The second-order valence-corrected chi connectivity index (χ2v) is 7.11. The van der Waals surface area contributed by atoms with Gasteiger partial charge in [0.05, 0.1) is 18.1 Å². The van der Waals surface area contributed by atoms with Gasteiger partial charge in [0.1, 0.15) is 0 Å². The normalized spacial score (nSPS) is 11.2. The summed E-state index contributed by atoms with van der Waals surface area (Å²) in [7, 11) is 0. The van der Waals surface area contributed by atoms with Crippen molar-refractivity contribution in [3.63, 3.8) is 0 Å². The van der Waals surface area contributed by atoms with Crippen molar-refractivity contribution in [2.24, 2.45) is 5.73 Å². The van der Waals surface area contributed by atoms with Crippen LogP contribution in [0.5, 0.6) is 0 Å². The van der Waals surface area contributed by atoms with Crippen LogP contribution in [0.4, 0.5) is 0 Å². The van der Waals surface area contributed by atoms with Gasteiger partial charge in [0, 0.05) is 32.3 Å². The highest BCUT2D eigenvalue weighted by Gasteiger charge is 2.21. The number of likely N-dealkylation sites (N-methyl/N-ethyl adjacent to an activating group) is 1. The number of amides is 1. The molecule has 7 heteroatoms. The Morgan fingerprint density at radius 3 is 2.43 bits per heavy atom. The van der Waals surface area contributed by atoms with Gasteiger partial charge in [-0.05, 0) is 30.5 Å². The van der Waals surface area contributed by atoms with Crippen molar-refractivity contribution in [1.82, 2.24) is 14.5 Å². The Balaban J connectivity index is 0.00000225. The molecule has 5 nitrogen and oxygen atoms in total. The maximum atomic E-state index is 12.9. The molecule has 0 aliphatic rings. The number of hydrogen-bond acceptors (Lipinski definition) is 3. The zero-order valence-electron chi connectivity index (χ0n) is 17.4. The highest BCUT2D eigenvalue weighted by molar-refractivity contribution is 5.85. The summed E-state index contributed by atoms with van der Waals surface area (Å²) in [5.41, 5.74) is 10.6. The molecule has 0 saturated heterocycles. The Bertz CT molecular complexity index is 914. The maximum Gasteiger partial charge on any atom is 0.240 e. The number of imidazole rings is 1. The lowest BCUT2D eigenvalue weighted by atomic mass is 10.1. The lowest BCUT2D eigenvalue weighted by Crippen LogP contribution is -2.44. The fourth-order valence-corrected chi connectivity index (χ4v) is 3.28. The number of nitrogens with zero attached hydrogens (tertiary/aromatic N) is 3. The van der Waals surface area contributed by atoms with E-state index in [4.69, 9.17) is 5.73 Å². The Hall–Kier alpha value is -2.34. The van der Waals surface area contributed by atoms with Gasteiger partial charge in [-0.2, -0.15) is 0 Å². The molecule has 162 valence electrons. The lowest BCUT2D eigenvalue weighted by Gasteiger charge is -2.25. The van der Waals surface area contributed by atoms with E-state index in [1.165, 1.54) is 11.1 Å². The number of aromatic nitrogens is 2. The first-order valence-electron chi connectivity index (χ1n) is 9.70. The summed E-state index contributed by atoms with van der Waals surface area (Å²) in [5.74, 6) is -0.0386. The van der Waals surface area contributed by atoms with Crippen LogP contribution in [0.2, 0.25) is 0 Å². The molecule has 0 fully saturated rings. The van der Waals surface area contributed by atoms with Crippen LogP contribution < -0.4 is 5.73 Å². The minimum atomic E-state index is -0.593. The van der Waals surface area contributed by atoms with Crippen LogP contribution in [0.15, 0.2) is 67.1 Å². The summed E-state index contributed by atoms with van der Waals surface area (Å²) in [6.45, 7) is 6.01. The predicted octanol–water partition coefficient (Wildman–Crippen LogP) is 4.00. The summed E-state index contributed by atoms with van der Waals surface area (Å²) in [6, 6.07) is 17.8. The van der Waals surface area contributed by atoms with Gasteiger partial charge >= 0.3 is 0 Å².